The minimum absolute atomic E-state index is 0.435. The molecule has 1 aromatic carbocycles. The predicted octanol–water partition coefficient (Wildman–Crippen LogP) is 2.85. The van der Waals surface area contributed by atoms with Crippen molar-refractivity contribution in [2.75, 3.05) is 26.7 Å². The summed E-state index contributed by atoms with van der Waals surface area (Å²) >= 11 is 0. The van der Waals surface area contributed by atoms with Crippen molar-refractivity contribution < 1.29 is 9.84 Å². The van der Waals surface area contributed by atoms with Crippen molar-refractivity contribution in [1.82, 2.24) is 4.90 Å². The second-order valence-electron chi connectivity index (χ2n) is 5.44. The van der Waals surface area contributed by atoms with Crippen molar-refractivity contribution in [3.8, 4) is 5.75 Å². The molecule has 1 aliphatic carbocycles. The molecule has 0 spiro atoms. The van der Waals surface area contributed by atoms with Crippen molar-refractivity contribution in [1.29, 1.82) is 0 Å². The Morgan fingerprint density at radius 1 is 1.42 bits per heavy atom. The first-order valence-corrected chi connectivity index (χ1v) is 7.27. The lowest BCUT2D eigenvalue weighted by Crippen LogP contribution is -2.35. The van der Waals surface area contributed by atoms with Crippen LogP contribution in [0.15, 0.2) is 24.3 Å². The van der Waals surface area contributed by atoms with Gasteiger partial charge >= 0.3 is 0 Å². The predicted molar refractivity (Wildman–Crippen MR) is 77.4 cm³/mol. The molecule has 1 N–H and O–H groups in total. The van der Waals surface area contributed by atoms with Crippen LogP contribution in [0.3, 0.4) is 0 Å². The number of nitrogens with zero attached hydrogens (tertiary/aromatic N) is 1. The first-order chi connectivity index (χ1) is 9.22. The fourth-order valence-electron chi connectivity index (χ4n) is 2.57. The Morgan fingerprint density at radius 2 is 2.21 bits per heavy atom. The molecule has 0 aromatic heterocycles. The summed E-state index contributed by atoms with van der Waals surface area (Å²) in [6.45, 7) is 4.99. The Hall–Kier alpha value is -1.06. The number of likely N-dealkylation sites (N-methyl/N-ethyl adjacent to an activating group) is 1. The van der Waals surface area contributed by atoms with Gasteiger partial charge in [0, 0.05) is 13.1 Å². The third-order valence-electron chi connectivity index (χ3n) is 4.10. The molecule has 1 saturated carbocycles. The van der Waals surface area contributed by atoms with E-state index >= 15 is 0 Å². The number of aliphatic hydroxyl groups excluding tert-OH is 1. The summed E-state index contributed by atoms with van der Waals surface area (Å²) in [6.07, 6.45) is 3.65. The molecule has 1 aliphatic rings. The zero-order valence-corrected chi connectivity index (χ0v) is 12.0. The molecule has 3 nitrogen and oxygen atoms in total. The zero-order valence-electron chi connectivity index (χ0n) is 12.0. The van der Waals surface area contributed by atoms with Crippen LogP contribution in [0.2, 0.25) is 0 Å². The molecule has 2 rings (SSSR count). The van der Waals surface area contributed by atoms with Crippen LogP contribution in [0.25, 0.3) is 0 Å². The van der Waals surface area contributed by atoms with Gasteiger partial charge in [-0.1, -0.05) is 25.5 Å². The van der Waals surface area contributed by atoms with Gasteiger partial charge in [0.1, 0.15) is 5.75 Å². The van der Waals surface area contributed by atoms with E-state index in [1.54, 1.807) is 7.11 Å². The Labute approximate surface area is 116 Å². The lowest BCUT2D eigenvalue weighted by atomic mass is 9.85. The fourth-order valence-corrected chi connectivity index (χ4v) is 2.57. The van der Waals surface area contributed by atoms with Crippen LogP contribution in [0.5, 0.6) is 5.75 Å². The van der Waals surface area contributed by atoms with Gasteiger partial charge in [0.25, 0.3) is 0 Å². The summed E-state index contributed by atoms with van der Waals surface area (Å²) in [7, 11) is 1.65. The maximum Gasteiger partial charge on any atom is 0.119 e. The second-order valence-corrected chi connectivity index (χ2v) is 5.44. The van der Waals surface area contributed by atoms with Crippen LogP contribution in [0, 0.1) is 5.92 Å². The van der Waals surface area contributed by atoms with Gasteiger partial charge in [-0.05, 0) is 43.0 Å². The molecule has 1 atom stereocenters. The van der Waals surface area contributed by atoms with Crippen molar-refractivity contribution in [2.24, 2.45) is 5.92 Å². The van der Waals surface area contributed by atoms with Crippen LogP contribution in [-0.2, 0) is 0 Å². The Morgan fingerprint density at radius 3 is 2.79 bits per heavy atom. The normalized spacial score (nSPS) is 17.3. The lowest BCUT2D eigenvalue weighted by Gasteiger charge is -2.32. The maximum atomic E-state index is 10.3. The number of methoxy groups -OCH3 is 1. The lowest BCUT2D eigenvalue weighted by molar-refractivity contribution is 0.0939. The Kier molecular flexibility index (Phi) is 5.23. The van der Waals surface area contributed by atoms with Gasteiger partial charge < -0.3 is 14.7 Å². The third kappa shape index (κ3) is 3.95. The van der Waals surface area contributed by atoms with E-state index in [0.29, 0.717) is 6.54 Å². The third-order valence-corrected chi connectivity index (χ3v) is 4.10. The highest BCUT2D eigenvalue weighted by Crippen LogP contribution is 2.28. The molecule has 1 fully saturated rings. The highest BCUT2D eigenvalue weighted by Gasteiger charge is 2.21. The van der Waals surface area contributed by atoms with Crippen molar-refractivity contribution in [3.63, 3.8) is 0 Å². The second kappa shape index (κ2) is 6.92. The molecule has 0 aliphatic heterocycles. The zero-order chi connectivity index (χ0) is 13.7. The summed E-state index contributed by atoms with van der Waals surface area (Å²) in [5, 5.41) is 10.3. The molecule has 3 heteroatoms. The highest BCUT2D eigenvalue weighted by molar-refractivity contribution is 5.29. The van der Waals surface area contributed by atoms with Gasteiger partial charge in [0.15, 0.2) is 0 Å². The fraction of sp³-hybridized carbons (Fsp3) is 0.625. The van der Waals surface area contributed by atoms with Gasteiger partial charge in [-0.2, -0.15) is 0 Å². The number of benzene rings is 1. The number of hydrogen-bond donors (Lipinski definition) is 1. The van der Waals surface area contributed by atoms with Crippen molar-refractivity contribution in [3.05, 3.63) is 29.8 Å². The van der Waals surface area contributed by atoms with E-state index in [2.05, 4.69) is 11.8 Å². The molecular formula is C16H25NO2. The van der Waals surface area contributed by atoms with E-state index in [9.17, 15) is 5.11 Å². The molecule has 0 bridgehead atoms. The quantitative estimate of drug-likeness (QED) is 0.821. The number of aliphatic hydroxyl groups is 1. The number of hydrogen-bond acceptors (Lipinski definition) is 3. The Balaban J connectivity index is 1.91. The molecule has 0 heterocycles. The van der Waals surface area contributed by atoms with E-state index in [4.69, 9.17) is 4.74 Å². The molecular weight excluding hydrogens is 238 g/mol. The molecule has 0 amide bonds. The molecule has 1 aromatic rings. The van der Waals surface area contributed by atoms with Gasteiger partial charge in [0.05, 0.1) is 13.2 Å². The standard InChI is InChI=1S/C16H25NO2/c1-3-17(11-13-6-4-7-13)12-16(18)14-8-5-9-15(10-14)19-2/h5,8-10,13,16,18H,3-4,6-7,11-12H2,1-2H3. The van der Waals surface area contributed by atoms with E-state index in [-0.39, 0.29) is 0 Å². The molecule has 1 unspecified atom stereocenters. The average molecular weight is 263 g/mol. The Bertz CT molecular complexity index is 390. The number of rotatable bonds is 7. The van der Waals surface area contributed by atoms with Crippen LogP contribution >= 0.6 is 0 Å². The largest absolute Gasteiger partial charge is 0.497 e. The maximum absolute atomic E-state index is 10.3. The monoisotopic (exact) mass is 263 g/mol. The molecule has 19 heavy (non-hydrogen) atoms. The van der Waals surface area contributed by atoms with E-state index in [1.807, 2.05) is 24.3 Å². The highest BCUT2D eigenvalue weighted by atomic mass is 16.5. The van der Waals surface area contributed by atoms with Crippen LogP contribution < -0.4 is 4.74 Å². The van der Waals surface area contributed by atoms with E-state index in [1.165, 1.54) is 19.3 Å². The van der Waals surface area contributed by atoms with Gasteiger partial charge in [-0.25, -0.2) is 0 Å². The smallest absolute Gasteiger partial charge is 0.119 e. The summed E-state index contributed by atoms with van der Waals surface area (Å²) < 4.78 is 5.20. The number of ether oxygens (including phenoxy) is 1. The van der Waals surface area contributed by atoms with Crippen LogP contribution in [0.4, 0.5) is 0 Å². The minimum Gasteiger partial charge on any atom is -0.497 e. The average Bonchev–Trinajstić information content (AvgIpc) is 2.41. The molecule has 0 radical (unpaired) electrons. The van der Waals surface area contributed by atoms with Crippen molar-refractivity contribution >= 4 is 0 Å². The van der Waals surface area contributed by atoms with Crippen LogP contribution in [-0.4, -0.2) is 36.8 Å². The van der Waals surface area contributed by atoms with Gasteiger partial charge in [0.2, 0.25) is 0 Å². The van der Waals surface area contributed by atoms with E-state index < -0.39 is 6.10 Å². The van der Waals surface area contributed by atoms with E-state index in [0.717, 1.165) is 30.3 Å². The minimum atomic E-state index is -0.435. The SMILES string of the molecule is CCN(CC1CCC1)CC(O)c1cccc(OC)c1. The van der Waals surface area contributed by atoms with Crippen molar-refractivity contribution in [2.45, 2.75) is 32.3 Å². The summed E-state index contributed by atoms with van der Waals surface area (Å²) in [5.74, 6) is 1.65. The van der Waals surface area contributed by atoms with Crippen LogP contribution in [0.1, 0.15) is 37.9 Å². The van der Waals surface area contributed by atoms with Gasteiger partial charge in [-0.3, -0.25) is 0 Å². The first-order valence-electron chi connectivity index (χ1n) is 7.27. The topological polar surface area (TPSA) is 32.7 Å². The summed E-state index contributed by atoms with van der Waals surface area (Å²) in [5.41, 5.74) is 0.936. The molecule has 0 saturated heterocycles. The first kappa shape index (κ1) is 14.4. The summed E-state index contributed by atoms with van der Waals surface area (Å²) in [6, 6.07) is 7.72. The summed E-state index contributed by atoms with van der Waals surface area (Å²) in [4.78, 5) is 2.36. The molecule has 106 valence electrons. The van der Waals surface area contributed by atoms with Gasteiger partial charge in [-0.15, -0.1) is 0 Å².